The van der Waals surface area contributed by atoms with Gasteiger partial charge >= 0.3 is 6.18 Å². The van der Waals surface area contributed by atoms with Crippen LogP contribution in [-0.4, -0.2) is 50.4 Å². The number of piperidine rings is 1. The molecule has 2 aliphatic carbocycles. The topological polar surface area (TPSA) is 55.6 Å². The number of fused-ring (bicyclic) bond motifs is 3. The van der Waals surface area contributed by atoms with Crippen LogP contribution in [0.5, 0.6) is 5.75 Å². The molecule has 2 saturated carbocycles. The lowest BCUT2D eigenvalue weighted by Crippen LogP contribution is -2.38. The Balaban J connectivity index is 1.28. The molecule has 3 aliphatic rings. The highest BCUT2D eigenvalue weighted by Gasteiger charge is 2.53. The minimum atomic E-state index is -4.37. The summed E-state index contributed by atoms with van der Waals surface area (Å²) in [6.07, 6.45) is 0.585. The molecule has 3 unspecified atom stereocenters. The fourth-order valence-electron chi connectivity index (χ4n) is 5.35. The molecule has 7 rings (SSSR count). The van der Waals surface area contributed by atoms with Gasteiger partial charge in [0.1, 0.15) is 23.0 Å². The number of rotatable bonds is 6. The molecule has 0 amide bonds. The Morgan fingerprint density at radius 1 is 1.00 bits per heavy atom. The van der Waals surface area contributed by atoms with Crippen molar-refractivity contribution in [1.82, 2.24) is 24.5 Å². The van der Waals surface area contributed by atoms with Gasteiger partial charge in [-0.1, -0.05) is 24.3 Å². The Hall–Kier alpha value is -3.20. The van der Waals surface area contributed by atoms with Crippen molar-refractivity contribution >= 4 is 16.6 Å². The van der Waals surface area contributed by atoms with Crippen LogP contribution >= 0.6 is 0 Å². The summed E-state index contributed by atoms with van der Waals surface area (Å²) in [6, 6.07) is 11.0. The molecular weight excluding hydrogens is 455 g/mol. The van der Waals surface area contributed by atoms with Gasteiger partial charge in [0, 0.05) is 24.7 Å². The highest BCUT2D eigenvalue weighted by molar-refractivity contribution is 5.86. The molecule has 3 aromatic heterocycles. The first-order valence-electron chi connectivity index (χ1n) is 12.1. The molecule has 0 bridgehead atoms. The zero-order valence-corrected chi connectivity index (χ0v) is 18.9. The summed E-state index contributed by atoms with van der Waals surface area (Å²) < 4.78 is 50.2. The molecule has 6 nitrogen and oxygen atoms in total. The lowest BCUT2D eigenvalue weighted by molar-refractivity contribution is -0.185. The molecule has 1 saturated heterocycles. The summed E-state index contributed by atoms with van der Waals surface area (Å²) in [5.41, 5.74) is 1.93. The fraction of sp³-hybridized carbons (Fsp3) is 0.423. The summed E-state index contributed by atoms with van der Waals surface area (Å²) in [6.45, 7) is 1.66. The van der Waals surface area contributed by atoms with Gasteiger partial charge in [0.15, 0.2) is 11.5 Å². The van der Waals surface area contributed by atoms with Gasteiger partial charge < -0.3 is 4.74 Å². The molecule has 3 fully saturated rings. The second-order valence-corrected chi connectivity index (χ2v) is 10.1. The van der Waals surface area contributed by atoms with Crippen LogP contribution in [0.1, 0.15) is 30.9 Å². The van der Waals surface area contributed by atoms with Gasteiger partial charge in [-0.15, -0.1) is 10.2 Å². The monoisotopic (exact) mass is 479 g/mol. The summed E-state index contributed by atoms with van der Waals surface area (Å²) in [7, 11) is 0. The number of ether oxygens (including phenoxy) is 1. The van der Waals surface area contributed by atoms with Gasteiger partial charge in [-0.05, 0) is 60.8 Å². The molecule has 0 N–H and O–H groups in total. The van der Waals surface area contributed by atoms with Crippen LogP contribution in [0.4, 0.5) is 13.2 Å². The maximum atomic E-state index is 14.2. The number of hydrogen-bond acceptors (Lipinski definition) is 5. The van der Waals surface area contributed by atoms with Crippen molar-refractivity contribution in [2.45, 2.75) is 31.5 Å². The molecule has 4 aromatic rings. The van der Waals surface area contributed by atoms with Gasteiger partial charge in [-0.3, -0.25) is 9.30 Å². The van der Waals surface area contributed by atoms with Crippen LogP contribution in [0.3, 0.4) is 0 Å². The number of hydrogen-bond donors (Lipinski definition) is 0. The molecular formula is C26H24F3N5O. The molecule has 1 aliphatic heterocycles. The molecule has 9 heteroatoms. The second kappa shape index (κ2) is 7.65. The van der Waals surface area contributed by atoms with E-state index in [-0.39, 0.29) is 5.56 Å². The number of para-hydroxylation sites is 1. The van der Waals surface area contributed by atoms with Crippen molar-refractivity contribution in [3.8, 4) is 17.3 Å². The maximum absolute atomic E-state index is 14.2. The number of aromatic nitrogens is 4. The largest absolute Gasteiger partial charge is 0.491 e. The molecule has 3 atom stereocenters. The molecule has 4 heterocycles. The van der Waals surface area contributed by atoms with Crippen LogP contribution in [0, 0.1) is 17.8 Å². The van der Waals surface area contributed by atoms with Crippen molar-refractivity contribution in [3.05, 3.63) is 54.2 Å². The number of pyridine rings is 2. The molecule has 0 spiro atoms. The number of halogens is 3. The quantitative estimate of drug-likeness (QED) is 0.376. The van der Waals surface area contributed by atoms with E-state index in [9.17, 15) is 13.2 Å². The number of likely N-dealkylation sites (tertiary alicyclic amines) is 1. The first-order chi connectivity index (χ1) is 16.9. The van der Waals surface area contributed by atoms with Crippen molar-refractivity contribution in [1.29, 1.82) is 0 Å². The summed E-state index contributed by atoms with van der Waals surface area (Å²) in [5, 5.41) is 9.40. The Labute approximate surface area is 199 Å². The summed E-state index contributed by atoms with van der Waals surface area (Å²) in [4.78, 5) is 6.37. The van der Waals surface area contributed by atoms with Gasteiger partial charge in [0.2, 0.25) is 0 Å². The summed E-state index contributed by atoms with van der Waals surface area (Å²) in [5.74, 6) is 2.54. The first-order valence-corrected chi connectivity index (χ1v) is 12.1. The highest BCUT2D eigenvalue weighted by atomic mass is 19.4. The lowest BCUT2D eigenvalue weighted by Gasteiger charge is -2.31. The van der Waals surface area contributed by atoms with E-state index in [1.807, 2.05) is 30.3 Å². The van der Waals surface area contributed by atoms with Gasteiger partial charge in [-0.25, -0.2) is 4.98 Å². The zero-order valence-electron chi connectivity index (χ0n) is 18.9. The van der Waals surface area contributed by atoms with Gasteiger partial charge in [0.05, 0.1) is 6.61 Å². The SMILES string of the molecule is FC(F)(F)C(c1ccc2nnc(-c3ccc4cccc(OCC5CC5)c4n3)n2c1)N1CC2CC2C1. The Morgan fingerprint density at radius 2 is 1.83 bits per heavy atom. The lowest BCUT2D eigenvalue weighted by atomic mass is 10.1. The van der Waals surface area contributed by atoms with E-state index in [1.54, 1.807) is 15.4 Å². The van der Waals surface area contributed by atoms with E-state index >= 15 is 0 Å². The molecule has 180 valence electrons. The van der Waals surface area contributed by atoms with E-state index in [0.29, 0.717) is 65.9 Å². The summed E-state index contributed by atoms with van der Waals surface area (Å²) >= 11 is 0. The van der Waals surface area contributed by atoms with Gasteiger partial charge in [-0.2, -0.15) is 13.2 Å². The fourth-order valence-corrected chi connectivity index (χ4v) is 5.35. The van der Waals surface area contributed by atoms with Crippen LogP contribution in [0.2, 0.25) is 0 Å². The average Bonchev–Trinajstić information content (AvgIpc) is 3.73. The third kappa shape index (κ3) is 3.82. The third-order valence-electron chi connectivity index (χ3n) is 7.51. The van der Waals surface area contributed by atoms with Gasteiger partial charge in [0.25, 0.3) is 0 Å². The Bertz CT molecular complexity index is 1420. The van der Waals surface area contributed by atoms with E-state index in [0.717, 1.165) is 11.8 Å². The Kier molecular flexibility index (Phi) is 4.61. The van der Waals surface area contributed by atoms with Crippen LogP contribution in [0.25, 0.3) is 28.1 Å². The molecule has 1 aromatic carbocycles. The van der Waals surface area contributed by atoms with Crippen molar-refractivity contribution in [2.24, 2.45) is 17.8 Å². The zero-order chi connectivity index (χ0) is 23.7. The van der Waals surface area contributed by atoms with Crippen LogP contribution in [0.15, 0.2) is 48.7 Å². The van der Waals surface area contributed by atoms with E-state index in [1.165, 1.54) is 25.1 Å². The highest BCUT2D eigenvalue weighted by Crippen LogP contribution is 2.50. The van der Waals surface area contributed by atoms with E-state index in [2.05, 4.69) is 10.2 Å². The smallest absolute Gasteiger partial charge is 0.408 e. The second-order valence-electron chi connectivity index (χ2n) is 10.1. The van der Waals surface area contributed by atoms with Crippen molar-refractivity contribution in [2.75, 3.05) is 19.7 Å². The number of benzene rings is 1. The average molecular weight is 480 g/mol. The predicted molar refractivity (Wildman–Crippen MR) is 124 cm³/mol. The van der Waals surface area contributed by atoms with Crippen molar-refractivity contribution in [3.63, 3.8) is 0 Å². The predicted octanol–water partition coefficient (Wildman–Crippen LogP) is 5.29. The first kappa shape index (κ1) is 21.1. The molecule has 35 heavy (non-hydrogen) atoms. The normalized spacial score (nSPS) is 23.1. The molecule has 0 radical (unpaired) electrons. The number of nitrogens with zero attached hydrogens (tertiary/aromatic N) is 5. The van der Waals surface area contributed by atoms with E-state index < -0.39 is 12.2 Å². The Morgan fingerprint density at radius 3 is 2.60 bits per heavy atom. The number of alkyl halides is 3. The minimum Gasteiger partial charge on any atom is -0.491 e. The van der Waals surface area contributed by atoms with Crippen LogP contribution < -0.4 is 4.74 Å². The van der Waals surface area contributed by atoms with Crippen molar-refractivity contribution < 1.29 is 17.9 Å². The van der Waals surface area contributed by atoms with E-state index in [4.69, 9.17) is 9.72 Å². The third-order valence-corrected chi connectivity index (χ3v) is 7.51. The van der Waals surface area contributed by atoms with Crippen LogP contribution in [-0.2, 0) is 0 Å². The minimum absolute atomic E-state index is 0.196. The maximum Gasteiger partial charge on any atom is 0.408 e. The standard InChI is InChI=1S/C26H24F3N5O/c27-26(28,29)24(33-11-18-10-19(18)12-33)17-7-9-22-31-32-25(34(22)13-17)20-8-6-16-2-1-3-21(23(16)30-20)35-14-15-4-5-15/h1-3,6-9,13,15,18-19,24H,4-5,10-12,14H2.